The number of aromatic nitrogens is 1. The average Bonchev–Trinajstić information content (AvgIpc) is 2.77. The van der Waals surface area contributed by atoms with E-state index in [1.54, 1.807) is 0 Å². The van der Waals surface area contributed by atoms with Gasteiger partial charge >= 0.3 is 0 Å². The summed E-state index contributed by atoms with van der Waals surface area (Å²) in [5.41, 5.74) is 8.52. The summed E-state index contributed by atoms with van der Waals surface area (Å²) < 4.78 is 5.34. The van der Waals surface area contributed by atoms with Gasteiger partial charge in [-0.25, -0.2) is 4.98 Å². The van der Waals surface area contributed by atoms with E-state index < -0.39 is 0 Å². The Balaban J connectivity index is 2.35. The van der Waals surface area contributed by atoms with Crippen LogP contribution in [0.1, 0.15) is 5.69 Å². The molecular formula is C12H15N3O. The molecule has 2 aromatic rings. The van der Waals surface area contributed by atoms with E-state index in [4.69, 9.17) is 10.2 Å². The van der Waals surface area contributed by atoms with Crippen molar-refractivity contribution in [2.75, 3.05) is 19.0 Å². The van der Waals surface area contributed by atoms with Crippen molar-refractivity contribution in [2.24, 2.45) is 5.73 Å². The molecule has 0 atom stereocenters. The van der Waals surface area contributed by atoms with Crippen molar-refractivity contribution in [3.05, 3.63) is 36.4 Å². The number of hydrogen-bond acceptors (Lipinski definition) is 4. The van der Waals surface area contributed by atoms with Gasteiger partial charge in [-0.05, 0) is 24.3 Å². The number of hydrogen-bond donors (Lipinski definition) is 1. The van der Waals surface area contributed by atoms with Gasteiger partial charge in [-0.1, -0.05) is 0 Å². The third-order valence-electron chi connectivity index (χ3n) is 2.48. The molecule has 1 aromatic carbocycles. The summed E-state index contributed by atoms with van der Waals surface area (Å²) in [6.45, 7) is 0.390. The molecule has 0 spiro atoms. The first-order chi connectivity index (χ1) is 7.72. The van der Waals surface area contributed by atoms with Gasteiger partial charge in [0, 0.05) is 31.9 Å². The summed E-state index contributed by atoms with van der Waals surface area (Å²) in [7, 11) is 4.02. The third kappa shape index (κ3) is 1.92. The Bertz CT molecular complexity index is 459. The van der Waals surface area contributed by atoms with E-state index in [-0.39, 0.29) is 0 Å². The van der Waals surface area contributed by atoms with Gasteiger partial charge in [-0.15, -0.1) is 0 Å². The number of rotatable bonds is 3. The summed E-state index contributed by atoms with van der Waals surface area (Å²) in [6.07, 6.45) is 1.43. The Morgan fingerprint density at radius 2 is 1.94 bits per heavy atom. The highest BCUT2D eigenvalue weighted by Crippen LogP contribution is 2.24. The maximum absolute atomic E-state index is 5.58. The van der Waals surface area contributed by atoms with Crippen LogP contribution < -0.4 is 10.6 Å². The molecule has 0 bridgehead atoms. The molecule has 0 amide bonds. The van der Waals surface area contributed by atoms with Crippen LogP contribution in [0.15, 0.2) is 35.1 Å². The van der Waals surface area contributed by atoms with Crippen molar-refractivity contribution in [2.45, 2.75) is 6.54 Å². The number of nitrogens with zero attached hydrogens (tertiary/aromatic N) is 2. The highest BCUT2D eigenvalue weighted by atomic mass is 16.3. The van der Waals surface area contributed by atoms with E-state index >= 15 is 0 Å². The van der Waals surface area contributed by atoms with Crippen LogP contribution in [0.5, 0.6) is 0 Å². The van der Waals surface area contributed by atoms with E-state index in [0.29, 0.717) is 6.54 Å². The summed E-state index contributed by atoms with van der Waals surface area (Å²) in [5, 5.41) is 0. The SMILES string of the molecule is CN(C)c1ccc(-c2ocnc2CN)cc1. The molecule has 4 nitrogen and oxygen atoms in total. The third-order valence-corrected chi connectivity index (χ3v) is 2.48. The van der Waals surface area contributed by atoms with Crippen molar-refractivity contribution in [3.63, 3.8) is 0 Å². The second-order valence-electron chi connectivity index (χ2n) is 3.77. The van der Waals surface area contributed by atoms with Gasteiger partial charge in [0.15, 0.2) is 12.2 Å². The quantitative estimate of drug-likeness (QED) is 0.852. The minimum Gasteiger partial charge on any atom is -0.443 e. The molecule has 1 aromatic heterocycles. The van der Waals surface area contributed by atoms with Gasteiger partial charge in [0.25, 0.3) is 0 Å². The van der Waals surface area contributed by atoms with Crippen LogP contribution >= 0.6 is 0 Å². The molecule has 0 unspecified atom stereocenters. The van der Waals surface area contributed by atoms with Crippen molar-refractivity contribution < 1.29 is 4.42 Å². The topological polar surface area (TPSA) is 55.3 Å². The molecule has 2 N–H and O–H groups in total. The standard InChI is InChI=1S/C12H15N3O/c1-15(2)10-5-3-9(4-6-10)12-11(7-13)14-8-16-12/h3-6,8H,7,13H2,1-2H3. The van der Waals surface area contributed by atoms with Gasteiger partial charge in [0.2, 0.25) is 0 Å². The second kappa shape index (κ2) is 4.37. The number of anilines is 1. The molecule has 0 saturated carbocycles. The van der Waals surface area contributed by atoms with Crippen molar-refractivity contribution in [3.8, 4) is 11.3 Å². The fourth-order valence-corrected chi connectivity index (χ4v) is 1.56. The summed E-state index contributed by atoms with van der Waals surface area (Å²) in [6, 6.07) is 8.10. The summed E-state index contributed by atoms with van der Waals surface area (Å²) in [4.78, 5) is 6.12. The van der Waals surface area contributed by atoms with Gasteiger partial charge in [-0.3, -0.25) is 0 Å². The van der Waals surface area contributed by atoms with E-state index in [1.807, 2.05) is 43.3 Å². The lowest BCUT2D eigenvalue weighted by atomic mass is 10.1. The van der Waals surface area contributed by atoms with Crippen LogP contribution in [0.4, 0.5) is 5.69 Å². The average molecular weight is 217 g/mol. The number of nitrogens with two attached hydrogens (primary N) is 1. The first-order valence-corrected chi connectivity index (χ1v) is 5.12. The Kier molecular flexibility index (Phi) is 2.92. The zero-order chi connectivity index (χ0) is 11.5. The molecule has 1 heterocycles. The zero-order valence-electron chi connectivity index (χ0n) is 9.47. The summed E-state index contributed by atoms with van der Waals surface area (Å²) in [5.74, 6) is 0.757. The Morgan fingerprint density at radius 3 is 2.50 bits per heavy atom. The van der Waals surface area contributed by atoms with Crippen molar-refractivity contribution in [1.82, 2.24) is 4.98 Å². The fraction of sp³-hybridized carbons (Fsp3) is 0.250. The van der Waals surface area contributed by atoms with E-state index in [1.165, 1.54) is 6.39 Å². The first-order valence-electron chi connectivity index (χ1n) is 5.12. The highest BCUT2D eigenvalue weighted by Gasteiger charge is 2.08. The maximum atomic E-state index is 5.58. The lowest BCUT2D eigenvalue weighted by molar-refractivity contribution is 0.571. The zero-order valence-corrected chi connectivity index (χ0v) is 9.47. The normalized spacial score (nSPS) is 10.4. The second-order valence-corrected chi connectivity index (χ2v) is 3.77. The van der Waals surface area contributed by atoms with Gasteiger partial charge in [-0.2, -0.15) is 0 Å². The number of oxazole rings is 1. The maximum Gasteiger partial charge on any atom is 0.181 e. The van der Waals surface area contributed by atoms with Crippen LogP contribution in [0.3, 0.4) is 0 Å². The van der Waals surface area contributed by atoms with Crippen LogP contribution in [0.2, 0.25) is 0 Å². The van der Waals surface area contributed by atoms with E-state index in [9.17, 15) is 0 Å². The first kappa shape index (κ1) is 10.7. The predicted octanol–water partition coefficient (Wildman–Crippen LogP) is 1.87. The Hall–Kier alpha value is -1.81. The molecule has 4 heteroatoms. The molecule has 0 aliphatic carbocycles. The molecule has 2 rings (SSSR count). The van der Waals surface area contributed by atoms with Crippen LogP contribution in [0, 0.1) is 0 Å². The van der Waals surface area contributed by atoms with E-state index in [2.05, 4.69) is 4.98 Å². The fourth-order valence-electron chi connectivity index (χ4n) is 1.56. The van der Waals surface area contributed by atoms with Gasteiger partial charge < -0.3 is 15.1 Å². The number of benzene rings is 1. The van der Waals surface area contributed by atoms with Crippen LogP contribution in [-0.4, -0.2) is 19.1 Å². The summed E-state index contributed by atoms with van der Waals surface area (Å²) >= 11 is 0. The Morgan fingerprint density at radius 1 is 1.25 bits per heavy atom. The molecule has 16 heavy (non-hydrogen) atoms. The minimum absolute atomic E-state index is 0.390. The smallest absolute Gasteiger partial charge is 0.181 e. The molecule has 0 aliphatic heterocycles. The monoisotopic (exact) mass is 217 g/mol. The van der Waals surface area contributed by atoms with Crippen molar-refractivity contribution in [1.29, 1.82) is 0 Å². The molecule has 84 valence electrons. The van der Waals surface area contributed by atoms with Gasteiger partial charge in [0.05, 0.1) is 0 Å². The lowest BCUT2D eigenvalue weighted by Crippen LogP contribution is -2.08. The molecule has 0 aliphatic rings. The predicted molar refractivity (Wildman–Crippen MR) is 64.2 cm³/mol. The Labute approximate surface area is 94.7 Å². The largest absolute Gasteiger partial charge is 0.443 e. The molecular weight excluding hydrogens is 202 g/mol. The highest BCUT2D eigenvalue weighted by molar-refractivity contribution is 5.63. The minimum atomic E-state index is 0.390. The van der Waals surface area contributed by atoms with Crippen LogP contribution in [-0.2, 0) is 6.54 Å². The van der Waals surface area contributed by atoms with E-state index in [0.717, 1.165) is 22.7 Å². The van der Waals surface area contributed by atoms with Crippen molar-refractivity contribution >= 4 is 5.69 Å². The van der Waals surface area contributed by atoms with Gasteiger partial charge in [0.1, 0.15) is 5.69 Å². The molecule has 0 fully saturated rings. The molecule has 0 radical (unpaired) electrons. The lowest BCUT2D eigenvalue weighted by Gasteiger charge is -2.12. The van der Waals surface area contributed by atoms with Crippen LogP contribution in [0.25, 0.3) is 11.3 Å². The molecule has 0 saturated heterocycles.